The van der Waals surface area contributed by atoms with Crippen molar-refractivity contribution in [2.75, 3.05) is 23.8 Å². The molecule has 0 fully saturated rings. The number of anilines is 2. The van der Waals surface area contributed by atoms with Crippen LogP contribution in [0.4, 0.5) is 11.4 Å². The van der Waals surface area contributed by atoms with Crippen LogP contribution >= 0.6 is 0 Å². The molecule has 180 valence electrons. The van der Waals surface area contributed by atoms with Crippen LogP contribution in [0.25, 0.3) is 0 Å². The predicted octanol–water partition coefficient (Wildman–Crippen LogP) is 6.57. The van der Waals surface area contributed by atoms with Gasteiger partial charge in [-0.2, -0.15) is 0 Å². The van der Waals surface area contributed by atoms with Gasteiger partial charge >= 0.3 is 0 Å². The summed E-state index contributed by atoms with van der Waals surface area (Å²) in [5.74, 6) is 1.55. The summed E-state index contributed by atoms with van der Waals surface area (Å²) < 4.78 is 11.5. The zero-order valence-corrected chi connectivity index (χ0v) is 20.0. The summed E-state index contributed by atoms with van der Waals surface area (Å²) in [6.07, 6.45) is 10.9. The third-order valence-corrected chi connectivity index (χ3v) is 5.18. The molecule has 0 radical (unpaired) electrons. The molecule has 2 amide bonds. The van der Waals surface area contributed by atoms with E-state index < -0.39 is 0 Å². The van der Waals surface area contributed by atoms with Gasteiger partial charge in [-0.3, -0.25) is 9.59 Å². The first-order chi connectivity index (χ1) is 16.0. The van der Waals surface area contributed by atoms with E-state index in [1.807, 2.05) is 48.5 Å². The molecule has 2 rings (SSSR count). The van der Waals surface area contributed by atoms with Crippen molar-refractivity contribution >= 4 is 23.2 Å². The molecule has 2 aromatic carbocycles. The first kappa shape index (κ1) is 26.2. The number of hydrogen-bond acceptors (Lipinski definition) is 4. The molecule has 0 aliphatic heterocycles. The fraction of sp³-hybridized carbons (Fsp3) is 0.481. The van der Waals surface area contributed by atoms with Gasteiger partial charge in [-0.15, -0.1) is 0 Å². The normalized spacial score (nSPS) is 10.5. The van der Waals surface area contributed by atoms with Gasteiger partial charge in [0.2, 0.25) is 11.8 Å². The first-order valence-electron chi connectivity index (χ1n) is 12.0. The average Bonchev–Trinajstić information content (AvgIpc) is 2.78. The van der Waals surface area contributed by atoms with Gasteiger partial charge in [0.1, 0.15) is 11.5 Å². The van der Waals surface area contributed by atoms with E-state index in [1.54, 1.807) is 0 Å². The number of carbonyl (C=O) groups excluding carboxylic acids is 2. The molecule has 6 heteroatoms. The van der Waals surface area contributed by atoms with E-state index in [2.05, 4.69) is 10.6 Å². The van der Waals surface area contributed by atoms with Crippen LogP contribution in [0, 0.1) is 0 Å². The van der Waals surface area contributed by atoms with Gasteiger partial charge in [0, 0.05) is 25.2 Å². The number of nitrogens with one attached hydrogen (secondary N) is 2. The summed E-state index contributed by atoms with van der Waals surface area (Å²) in [6.45, 7) is 4.46. The summed E-state index contributed by atoms with van der Waals surface area (Å²) in [7, 11) is 0. The van der Waals surface area contributed by atoms with Gasteiger partial charge in [0.15, 0.2) is 0 Å². The molecular formula is C27H38N2O4. The van der Waals surface area contributed by atoms with Crippen LogP contribution in [-0.4, -0.2) is 25.0 Å². The Labute approximate surface area is 198 Å². The number of hydrogen-bond donors (Lipinski definition) is 2. The Bertz CT molecular complexity index is 750. The van der Waals surface area contributed by atoms with Crippen LogP contribution in [0.1, 0.15) is 71.6 Å². The second-order valence-corrected chi connectivity index (χ2v) is 8.29. The molecule has 0 aliphatic carbocycles. The Morgan fingerprint density at radius 3 is 1.15 bits per heavy atom. The predicted molar refractivity (Wildman–Crippen MR) is 134 cm³/mol. The Hall–Kier alpha value is -3.02. The van der Waals surface area contributed by atoms with Crippen LogP contribution in [-0.2, 0) is 9.59 Å². The molecule has 0 saturated carbocycles. The van der Waals surface area contributed by atoms with E-state index in [0.29, 0.717) is 0 Å². The molecule has 0 bridgehead atoms. The monoisotopic (exact) mass is 454 g/mol. The zero-order valence-electron chi connectivity index (χ0n) is 20.0. The van der Waals surface area contributed by atoms with Crippen LogP contribution in [0.3, 0.4) is 0 Å². The topological polar surface area (TPSA) is 76.7 Å². The molecule has 33 heavy (non-hydrogen) atoms. The molecule has 0 unspecified atom stereocenters. The lowest BCUT2D eigenvalue weighted by atomic mass is 10.1. The van der Waals surface area contributed by atoms with E-state index in [9.17, 15) is 9.59 Å². The highest BCUT2D eigenvalue weighted by Crippen LogP contribution is 2.18. The summed E-state index contributed by atoms with van der Waals surface area (Å²) in [5.41, 5.74) is 1.58. The number of amides is 2. The minimum Gasteiger partial charge on any atom is -0.494 e. The number of benzene rings is 2. The minimum atomic E-state index is -0.0687. The molecule has 6 nitrogen and oxygen atoms in total. The third-order valence-electron chi connectivity index (χ3n) is 5.18. The van der Waals surface area contributed by atoms with Crippen molar-refractivity contribution in [1.29, 1.82) is 0 Å². The number of rotatable bonds is 16. The smallest absolute Gasteiger partial charge is 0.221 e. The summed E-state index contributed by atoms with van der Waals surface area (Å²) in [5, 5.41) is 5.50. The van der Waals surface area contributed by atoms with Gasteiger partial charge in [-0.25, -0.2) is 0 Å². The lowest BCUT2D eigenvalue weighted by Gasteiger charge is -2.08. The quantitative estimate of drug-likeness (QED) is 0.281. The second kappa shape index (κ2) is 15.7. The average molecular weight is 455 g/mol. The van der Waals surface area contributed by atoms with Crippen molar-refractivity contribution in [1.82, 2.24) is 0 Å². The highest BCUT2D eigenvalue weighted by molar-refractivity contribution is 5.89. The Morgan fingerprint density at radius 1 is 0.545 bits per heavy atom. The Balaban J connectivity index is 1.37. The van der Waals surface area contributed by atoms with Gasteiger partial charge < -0.3 is 20.1 Å². The maximum atomic E-state index is 11.0. The van der Waals surface area contributed by atoms with Crippen molar-refractivity contribution in [2.24, 2.45) is 0 Å². The van der Waals surface area contributed by atoms with Crippen molar-refractivity contribution in [3.8, 4) is 11.5 Å². The van der Waals surface area contributed by atoms with E-state index in [1.165, 1.54) is 58.8 Å². The number of unbranched alkanes of at least 4 members (excludes halogenated alkanes) is 8. The van der Waals surface area contributed by atoms with E-state index in [-0.39, 0.29) is 11.8 Å². The Morgan fingerprint density at radius 2 is 0.848 bits per heavy atom. The molecular weight excluding hydrogens is 416 g/mol. The van der Waals surface area contributed by atoms with Crippen LogP contribution in [0.15, 0.2) is 48.5 Å². The van der Waals surface area contributed by atoms with Gasteiger partial charge in [0.25, 0.3) is 0 Å². The lowest BCUT2D eigenvalue weighted by molar-refractivity contribution is -0.115. The molecule has 0 heterocycles. The molecule has 0 spiro atoms. The fourth-order valence-electron chi connectivity index (χ4n) is 3.50. The maximum absolute atomic E-state index is 11.0. The van der Waals surface area contributed by atoms with Crippen molar-refractivity contribution in [3.05, 3.63) is 48.5 Å². The standard InChI is InChI=1S/C27H38N2O4/c1-22(30)28-24-12-16-26(17-13-24)32-20-10-8-6-4-3-5-7-9-11-21-33-27-18-14-25(15-19-27)29-23(2)31/h12-19H,3-11,20-21H2,1-2H3,(H,28,30)(H,29,31). The van der Waals surface area contributed by atoms with Crippen molar-refractivity contribution < 1.29 is 19.1 Å². The highest BCUT2D eigenvalue weighted by atomic mass is 16.5. The SMILES string of the molecule is CC(=O)Nc1ccc(OCCCCCCCCCCCOc2ccc(NC(C)=O)cc2)cc1. The molecule has 0 atom stereocenters. The fourth-order valence-corrected chi connectivity index (χ4v) is 3.50. The number of carbonyl (C=O) groups is 2. The maximum Gasteiger partial charge on any atom is 0.221 e. The van der Waals surface area contributed by atoms with Crippen molar-refractivity contribution in [2.45, 2.75) is 71.6 Å². The highest BCUT2D eigenvalue weighted by Gasteiger charge is 1.99. The minimum absolute atomic E-state index is 0.0687. The van der Waals surface area contributed by atoms with Crippen LogP contribution in [0.2, 0.25) is 0 Å². The molecule has 2 N–H and O–H groups in total. The first-order valence-corrected chi connectivity index (χ1v) is 12.0. The van der Waals surface area contributed by atoms with Gasteiger partial charge in [-0.05, 0) is 61.4 Å². The van der Waals surface area contributed by atoms with Gasteiger partial charge in [-0.1, -0.05) is 44.9 Å². The van der Waals surface area contributed by atoms with Crippen molar-refractivity contribution in [3.63, 3.8) is 0 Å². The largest absolute Gasteiger partial charge is 0.494 e. The lowest BCUT2D eigenvalue weighted by Crippen LogP contribution is -2.05. The van der Waals surface area contributed by atoms with E-state index in [0.717, 1.165) is 48.9 Å². The van der Waals surface area contributed by atoms with Crippen LogP contribution < -0.4 is 20.1 Å². The second-order valence-electron chi connectivity index (χ2n) is 8.29. The van der Waals surface area contributed by atoms with E-state index >= 15 is 0 Å². The molecule has 0 aromatic heterocycles. The molecule has 2 aromatic rings. The zero-order chi connectivity index (χ0) is 23.7. The Kier molecular flexibility index (Phi) is 12.5. The van der Waals surface area contributed by atoms with Crippen LogP contribution in [0.5, 0.6) is 11.5 Å². The molecule has 0 saturated heterocycles. The summed E-state index contributed by atoms with van der Waals surface area (Å²) in [6, 6.07) is 15.0. The van der Waals surface area contributed by atoms with Gasteiger partial charge in [0.05, 0.1) is 13.2 Å². The number of ether oxygens (including phenoxy) is 2. The third kappa shape index (κ3) is 12.6. The summed E-state index contributed by atoms with van der Waals surface area (Å²) >= 11 is 0. The van der Waals surface area contributed by atoms with E-state index in [4.69, 9.17) is 9.47 Å². The molecule has 0 aliphatic rings. The summed E-state index contributed by atoms with van der Waals surface area (Å²) in [4.78, 5) is 22.0.